The van der Waals surface area contributed by atoms with E-state index >= 15 is 0 Å². The molecule has 6 heteroatoms. The molecule has 0 aromatic heterocycles. The van der Waals surface area contributed by atoms with Gasteiger partial charge in [0.25, 0.3) is 0 Å². The highest BCUT2D eigenvalue weighted by Gasteiger charge is 2.12. The van der Waals surface area contributed by atoms with Crippen molar-refractivity contribution in [2.75, 3.05) is 0 Å². The van der Waals surface area contributed by atoms with Crippen molar-refractivity contribution in [3.8, 4) is 17.6 Å². The fourth-order valence-corrected chi connectivity index (χ4v) is 1.90. The minimum absolute atomic E-state index is 0.117. The van der Waals surface area contributed by atoms with Crippen LogP contribution in [0.15, 0.2) is 40.9 Å². The summed E-state index contributed by atoms with van der Waals surface area (Å²) in [6, 6.07) is 10.2. The van der Waals surface area contributed by atoms with Gasteiger partial charge in [0.15, 0.2) is 0 Å². The number of carboxylic acid groups (broad SMARTS) is 1. The monoisotopic (exact) mass is 335 g/mol. The van der Waals surface area contributed by atoms with Gasteiger partial charge in [0, 0.05) is 10.5 Å². The van der Waals surface area contributed by atoms with Crippen molar-refractivity contribution in [1.82, 2.24) is 0 Å². The van der Waals surface area contributed by atoms with E-state index in [1.165, 1.54) is 6.07 Å². The fraction of sp³-hybridized carbons (Fsp3) is 0. The van der Waals surface area contributed by atoms with Crippen molar-refractivity contribution in [1.29, 1.82) is 5.26 Å². The molecule has 0 aliphatic carbocycles. The van der Waals surface area contributed by atoms with Gasteiger partial charge < -0.3 is 9.84 Å². The molecule has 0 aliphatic heterocycles. The summed E-state index contributed by atoms with van der Waals surface area (Å²) in [7, 11) is 0. The zero-order valence-electron chi connectivity index (χ0n) is 9.93. The average Bonchev–Trinajstić information content (AvgIpc) is 2.40. The normalized spacial score (nSPS) is 9.85. The van der Waals surface area contributed by atoms with Crippen LogP contribution in [0, 0.1) is 17.1 Å². The predicted molar refractivity (Wildman–Crippen MR) is 72.3 cm³/mol. The molecule has 4 nitrogen and oxygen atoms in total. The maximum Gasteiger partial charge on any atom is 0.338 e. The Morgan fingerprint density at radius 2 is 2.05 bits per heavy atom. The molecule has 0 atom stereocenters. The first-order valence-corrected chi connectivity index (χ1v) is 6.21. The summed E-state index contributed by atoms with van der Waals surface area (Å²) in [4.78, 5) is 10.7. The third kappa shape index (κ3) is 2.95. The molecular weight excluding hydrogens is 329 g/mol. The number of carboxylic acids is 1. The van der Waals surface area contributed by atoms with E-state index in [2.05, 4.69) is 15.9 Å². The molecule has 2 rings (SSSR count). The van der Waals surface area contributed by atoms with Gasteiger partial charge in [-0.15, -0.1) is 0 Å². The maximum atomic E-state index is 13.5. The summed E-state index contributed by atoms with van der Waals surface area (Å²) in [6.45, 7) is 0. The lowest BCUT2D eigenvalue weighted by atomic mass is 10.2. The zero-order valence-corrected chi connectivity index (χ0v) is 11.5. The summed E-state index contributed by atoms with van der Waals surface area (Å²) in [5.74, 6) is -1.87. The third-order valence-electron chi connectivity index (χ3n) is 2.46. The van der Waals surface area contributed by atoms with E-state index in [1.54, 1.807) is 18.2 Å². The highest BCUT2D eigenvalue weighted by Crippen LogP contribution is 2.28. The van der Waals surface area contributed by atoms with Crippen LogP contribution in [0.25, 0.3) is 0 Å². The van der Waals surface area contributed by atoms with Crippen LogP contribution < -0.4 is 4.74 Å². The number of hydrogen-bond acceptors (Lipinski definition) is 3. The smallest absolute Gasteiger partial charge is 0.338 e. The molecule has 0 spiro atoms. The lowest BCUT2D eigenvalue weighted by Gasteiger charge is -2.08. The second-order valence-corrected chi connectivity index (χ2v) is 4.72. The van der Waals surface area contributed by atoms with Crippen LogP contribution in [-0.4, -0.2) is 11.1 Å². The van der Waals surface area contributed by atoms with Gasteiger partial charge in [-0.25, -0.2) is 9.18 Å². The molecular formula is C14H7BrFNO3. The number of rotatable bonds is 3. The van der Waals surface area contributed by atoms with E-state index in [4.69, 9.17) is 15.1 Å². The molecule has 2 aromatic rings. The average molecular weight is 336 g/mol. The number of carbonyl (C=O) groups is 1. The molecule has 0 unspecified atom stereocenters. The number of halogens is 2. The van der Waals surface area contributed by atoms with Gasteiger partial charge in [0.2, 0.25) is 0 Å². The van der Waals surface area contributed by atoms with E-state index in [0.29, 0.717) is 4.47 Å². The Labute approximate surface area is 122 Å². The molecule has 100 valence electrons. The van der Waals surface area contributed by atoms with Crippen molar-refractivity contribution in [3.63, 3.8) is 0 Å². The highest BCUT2D eigenvalue weighted by atomic mass is 79.9. The van der Waals surface area contributed by atoms with Crippen molar-refractivity contribution in [3.05, 3.63) is 57.8 Å². The van der Waals surface area contributed by atoms with Crippen LogP contribution in [-0.2, 0) is 0 Å². The first-order chi connectivity index (χ1) is 9.51. The maximum absolute atomic E-state index is 13.5. The first kappa shape index (κ1) is 14.0. The first-order valence-electron chi connectivity index (χ1n) is 5.41. The zero-order chi connectivity index (χ0) is 14.7. The number of nitrogens with zero attached hydrogens (tertiary/aromatic N) is 1. The summed E-state index contributed by atoms with van der Waals surface area (Å²) in [6.07, 6.45) is 0. The molecule has 0 saturated carbocycles. The van der Waals surface area contributed by atoms with Gasteiger partial charge >= 0.3 is 5.97 Å². The topological polar surface area (TPSA) is 70.3 Å². The number of benzene rings is 2. The quantitative estimate of drug-likeness (QED) is 0.921. The Morgan fingerprint density at radius 1 is 1.30 bits per heavy atom. The predicted octanol–water partition coefficient (Wildman–Crippen LogP) is 3.95. The van der Waals surface area contributed by atoms with Gasteiger partial charge in [0.1, 0.15) is 23.4 Å². The van der Waals surface area contributed by atoms with Crippen molar-refractivity contribution >= 4 is 21.9 Å². The molecule has 0 bridgehead atoms. The Balaban J connectivity index is 2.34. The van der Waals surface area contributed by atoms with Crippen LogP contribution in [0.3, 0.4) is 0 Å². The Kier molecular flexibility index (Phi) is 4.01. The Morgan fingerprint density at radius 3 is 2.65 bits per heavy atom. The number of ether oxygens (including phenoxy) is 1. The highest BCUT2D eigenvalue weighted by molar-refractivity contribution is 9.10. The van der Waals surface area contributed by atoms with Crippen molar-refractivity contribution in [2.24, 2.45) is 0 Å². The molecule has 0 radical (unpaired) electrons. The summed E-state index contributed by atoms with van der Waals surface area (Å²) in [5.41, 5.74) is -0.157. The largest absolute Gasteiger partial charge is 0.478 e. The third-order valence-corrected chi connectivity index (χ3v) is 2.95. The Bertz CT molecular complexity index is 725. The van der Waals surface area contributed by atoms with Gasteiger partial charge in [-0.3, -0.25) is 0 Å². The van der Waals surface area contributed by atoms with Crippen LogP contribution >= 0.6 is 15.9 Å². The van der Waals surface area contributed by atoms with E-state index in [1.807, 2.05) is 6.07 Å². The standard InChI is InChI=1S/C14H7BrFNO3/c15-9-1-4-13(8(5-9)7-17)20-10-2-3-11(14(18)19)12(16)6-10/h1-6H,(H,18,19). The lowest BCUT2D eigenvalue weighted by molar-refractivity contribution is 0.0692. The lowest BCUT2D eigenvalue weighted by Crippen LogP contribution is -2.00. The SMILES string of the molecule is N#Cc1cc(Br)ccc1Oc1ccc(C(=O)O)c(F)c1. The molecule has 2 aromatic carbocycles. The molecule has 0 amide bonds. The minimum Gasteiger partial charge on any atom is -0.478 e. The molecule has 1 N–H and O–H groups in total. The fourth-order valence-electron chi connectivity index (χ4n) is 1.54. The van der Waals surface area contributed by atoms with Gasteiger partial charge in [-0.1, -0.05) is 15.9 Å². The van der Waals surface area contributed by atoms with E-state index in [9.17, 15) is 9.18 Å². The van der Waals surface area contributed by atoms with Crippen LogP contribution in [0.5, 0.6) is 11.5 Å². The summed E-state index contributed by atoms with van der Waals surface area (Å²) < 4.78 is 19.6. The molecule has 0 aliphatic rings. The van der Waals surface area contributed by atoms with E-state index in [0.717, 1.165) is 12.1 Å². The van der Waals surface area contributed by atoms with Gasteiger partial charge in [0.05, 0.1) is 11.1 Å². The van der Waals surface area contributed by atoms with Crippen molar-refractivity contribution in [2.45, 2.75) is 0 Å². The van der Waals surface area contributed by atoms with Crippen LogP contribution in [0.1, 0.15) is 15.9 Å². The van der Waals surface area contributed by atoms with Crippen molar-refractivity contribution < 1.29 is 19.0 Å². The van der Waals surface area contributed by atoms with Crippen LogP contribution in [0.2, 0.25) is 0 Å². The number of hydrogen-bond donors (Lipinski definition) is 1. The molecule has 0 saturated heterocycles. The molecule has 0 heterocycles. The molecule has 20 heavy (non-hydrogen) atoms. The Hall–Kier alpha value is -2.39. The minimum atomic E-state index is -1.35. The summed E-state index contributed by atoms with van der Waals surface area (Å²) in [5, 5.41) is 17.7. The van der Waals surface area contributed by atoms with Crippen LogP contribution in [0.4, 0.5) is 4.39 Å². The van der Waals surface area contributed by atoms with Gasteiger partial charge in [-0.05, 0) is 30.3 Å². The number of nitriles is 1. The number of aromatic carboxylic acids is 1. The second kappa shape index (κ2) is 5.72. The molecule has 0 fully saturated rings. The summed E-state index contributed by atoms with van der Waals surface area (Å²) >= 11 is 3.23. The van der Waals surface area contributed by atoms with E-state index in [-0.39, 0.29) is 17.1 Å². The van der Waals surface area contributed by atoms with E-state index < -0.39 is 17.3 Å². The second-order valence-electron chi connectivity index (χ2n) is 3.80. The van der Waals surface area contributed by atoms with Gasteiger partial charge in [-0.2, -0.15) is 5.26 Å².